The maximum absolute atomic E-state index is 11.8. The largest absolute Gasteiger partial charge is 0.388 e. The molecule has 0 aliphatic heterocycles. The van der Waals surface area contributed by atoms with Crippen LogP contribution in [0.5, 0.6) is 0 Å². The lowest BCUT2D eigenvalue weighted by atomic mass is 10.3. The molecule has 1 aliphatic carbocycles. The number of amides is 1. The predicted octanol–water partition coefficient (Wildman–Crippen LogP) is 0.807. The van der Waals surface area contributed by atoms with Crippen LogP contribution in [-0.2, 0) is 17.9 Å². The Bertz CT molecular complexity index is 587. The van der Waals surface area contributed by atoms with Crippen LogP contribution in [0.25, 0.3) is 11.0 Å². The second-order valence-electron chi connectivity index (χ2n) is 4.60. The van der Waals surface area contributed by atoms with Crippen LogP contribution < -0.4 is 5.32 Å². The number of nitrogens with one attached hydrogen (secondary N) is 1. The number of nitrogens with zero attached hydrogens (tertiary/aromatic N) is 2. The zero-order valence-corrected chi connectivity index (χ0v) is 9.97. The monoisotopic (exact) mass is 245 g/mol. The van der Waals surface area contributed by atoms with Crippen molar-refractivity contribution in [2.45, 2.75) is 32.0 Å². The number of imidazole rings is 1. The van der Waals surface area contributed by atoms with Crippen molar-refractivity contribution in [1.29, 1.82) is 0 Å². The van der Waals surface area contributed by atoms with Gasteiger partial charge in [-0.15, -0.1) is 0 Å². The molecule has 1 aromatic heterocycles. The fraction of sp³-hybridized carbons (Fsp3) is 0.385. The van der Waals surface area contributed by atoms with Crippen LogP contribution in [0.2, 0.25) is 0 Å². The lowest BCUT2D eigenvalue weighted by molar-refractivity contribution is -0.121. The van der Waals surface area contributed by atoms with Crippen molar-refractivity contribution in [3.05, 3.63) is 30.1 Å². The Kier molecular flexibility index (Phi) is 2.76. The van der Waals surface area contributed by atoms with Crippen LogP contribution in [0.1, 0.15) is 18.7 Å². The minimum atomic E-state index is -0.161. The molecule has 94 valence electrons. The average molecular weight is 245 g/mol. The van der Waals surface area contributed by atoms with Gasteiger partial charge in [-0.2, -0.15) is 0 Å². The van der Waals surface area contributed by atoms with Crippen molar-refractivity contribution in [3.63, 3.8) is 0 Å². The number of aliphatic hydroxyl groups excluding tert-OH is 1. The minimum Gasteiger partial charge on any atom is -0.388 e. The van der Waals surface area contributed by atoms with Crippen molar-refractivity contribution >= 4 is 16.9 Å². The molecule has 1 amide bonds. The number of hydrogen-bond donors (Lipinski definition) is 2. The molecule has 0 radical (unpaired) electrons. The number of rotatable bonds is 4. The average Bonchev–Trinajstić information content (AvgIpc) is 3.11. The van der Waals surface area contributed by atoms with E-state index in [2.05, 4.69) is 10.3 Å². The maximum atomic E-state index is 11.8. The van der Waals surface area contributed by atoms with Gasteiger partial charge < -0.3 is 15.0 Å². The molecule has 2 aromatic rings. The van der Waals surface area contributed by atoms with E-state index in [4.69, 9.17) is 0 Å². The van der Waals surface area contributed by atoms with Gasteiger partial charge in [0.1, 0.15) is 19.0 Å². The first kappa shape index (κ1) is 11.2. The lowest BCUT2D eigenvalue weighted by Gasteiger charge is -2.08. The Hall–Kier alpha value is -1.88. The molecule has 0 saturated heterocycles. The van der Waals surface area contributed by atoms with Crippen LogP contribution in [0.4, 0.5) is 0 Å². The molecule has 18 heavy (non-hydrogen) atoms. The molecular formula is C13H15N3O2. The summed E-state index contributed by atoms with van der Waals surface area (Å²) in [5.41, 5.74) is 1.69. The first-order valence-corrected chi connectivity index (χ1v) is 6.12. The highest BCUT2D eigenvalue weighted by Gasteiger charge is 2.23. The molecule has 1 heterocycles. The van der Waals surface area contributed by atoms with E-state index in [-0.39, 0.29) is 19.1 Å². The summed E-state index contributed by atoms with van der Waals surface area (Å²) < 4.78 is 1.77. The number of fused-ring (bicyclic) bond motifs is 1. The van der Waals surface area contributed by atoms with Crippen molar-refractivity contribution in [3.8, 4) is 0 Å². The molecule has 1 aliphatic rings. The summed E-state index contributed by atoms with van der Waals surface area (Å²) >= 11 is 0. The van der Waals surface area contributed by atoms with Crippen molar-refractivity contribution in [2.75, 3.05) is 0 Å². The topological polar surface area (TPSA) is 67.2 Å². The number of benzene rings is 1. The standard InChI is InChI=1S/C13H15N3O2/c17-8-12-15-10-3-1-2-4-11(10)16(12)7-13(18)14-9-5-6-9/h1-4,9,17H,5-8H2,(H,14,18). The summed E-state index contributed by atoms with van der Waals surface area (Å²) in [7, 11) is 0. The third-order valence-corrected chi connectivity index (χ3v) is 3.12. The highest BCUT2D eigenvalue weighted by molar-refractivity contribution is 5.81. The third kappa shape index (κ3) is 2.09. The second kappa shape index (κ2) is 4.42. The van der Waals surface area contributed by atoms with Crippen LogP contribution in [0.3, 0.4) is 0 Å². The number of hydrogen-bond acceptors (Lipinski definition) is 3. The molecule has 1 fully saturated rings. The third-order valence-electron chi connectivity index (χ3n) is 3.12. The molecule has 2 N–H and O–H groups in total. The van der Waals surface area contributed by atoms with Gasteiger partial charge >= 0.3 is 0 Å². The first-order valence-electron chi connectivity index (χ1n) is 6.12. The van der Waals surface area contributed by atoms with E-state index in [9.17, 15) is 9.90 Å². The van der Waals surface area contributed by atoms with E-state index in [0.29, 0.717) is 11.9 Å². The van der Waals surface area contributed by atoms with E-state index in [1.165, 1.54) is 0 Å². The molecule has 0 atom stereocenters. The first-order chi connectivity index (χ1) is 8.78. The zero-order chi connectivity index (χ0) is 12.5. The van der Waals surface area contributed by atoms with Gasteiger partial charge in [0.2, 0.25) is 5.91 Å². The summed E-state index contributed by atoms with van der Waals surface area (Å²) in [5.74, 6) is 0.512. The van der Waals surface area contributed by atoms with Crippen molar-refractivity contribution in [2.24, 2.45) is 0 Å². The van der Waals surface area contributed by atoms with Crippen molar-refractivity contribution in [1.82, 2.24) is 14.9 Å². The van der Waals surface area contributed by atoms with Gasteiger partial charge in [0.05, 0.1) is 11.0 Å². The van der Waals surface area contributed by atoms with Gasteiger partial charge in [-0.1, -0.05) is 12.1 Å². The molecule has 5 nitrogen and oxygen atoms in total. The second-order valence-corrected chi connectivity index (χ2v) is 4.60. The maximum Gasteiger partial charge on any atom is 0.240 e. The Morgan fingerprint density at radius 1 is 1.44 bits per heavy atom. The highest BCUT2D eigenvalue weighted by atomic mass is 16.3. The Balaban J connectivity index is 1.90. The van der Waals surface area contributed by atoms with Crippen LogP contribution in [0.15, 0.2) is 24.3 Å². The summed E-state index contributed by atoms with van der Waals surface area (Å²) in [6.07, 6.45) is 2.15. The number of carbonyl (C=O) groups is 1. The smallest absolute Gasteiger partial charge is 0.240 e. The van der Waals surface area contributed by atoms with E-state index in [0.717, 1.165) is 23.9 Å². The molecule has 1 saturated carbocycles. The van der Waals surface area contributed by atoms with Gasteiger partial charge in [0.15, 0.2) is 0 Å². The number of aromatic nitrogens is 2. The molecule has 0 bridgehead atoms. The fourth-order valence-electron chi connectivity index (χ4n) is 2.07. The molecule has 5 heteroatoms. The van der Waals surface area contributed by atoms with E-state index in [1.54, 1.807) is 4.57 Å². The van der Waals surface area contributed by atoms with Gasteiger partial charge in [-0.05, 0) is 25.0 Å². The summed E-state index contributed by atoms with van der Waals surface area (Å²) in [4.78, 5) is 16.1. The SMILES string of the molecule is O=C(Cn1c(CO)nc2ccccc21)NC1CC1. The number of para-hydroxylation sites is 2. The van der Waals surface area contributed by atoms with Gasteiger partial charge in [-0.3, -0.25) is 4.79 Å². The molecule has 3 rings (SSSR count). The Morgan fingerprint density at radius 2 is 2.22 bits per heavy atom. The molecule has 1 aromatic carbocycles. The summed E-state index contributed by atoms with van der Waals surface area (Å²) in [5, 5.41) is 12.3. The van der Waals surface area contributed by atoms with Crippen molar-refractivity contribution < 1.29 is 9.90 Å². The van der Waals surface area contributed by atoms with E-state index >= 15 is 0 Å². The molecule has 0 unspecified atom stereocenters. The Morgan fingerprint density at radius 3 is 2.94 bits per heavy atom. The van der Waals surface area contributed by atoms with E-state index < -0.39 is 0 Å². The number of carbonyl (C=O) groups excluding carboxylic acids is 1. The normalized spacial score (nSPS) is 14.9. The highest BCUT2D eigenvalue weighted by Crippen LogP contribution is 2.19. The lowest BCUT2D eigenvalue weighted by Crippen LogP contribution is -2.29. The zero-order valence-electron chi connectivity index (χ0n) is 9.97. The quantitative estimate of drug-likeness (QED) is 0.837. The van der Waals surface area contributed by atoms with Gasteiger partial charge in [0.25, 0.3) is 0 Å². The number of aliphatic hydroxyl groups is 1. The predicted molar refractivity (Wildman–Crippen MR) is 66.8 cm³/mol. The van der Waals surface area contributed by atoms with Gasteiger partial charge in [-0.25, -0.2) is 4.98 Å². The molecule has 0 spiro atoms. The van der Waals surface area contributed by atoms with Crippen LogP contribution in [-0.4, -0.2) is 26.6 Å². The summed E-state index contributed by atoms with van der Waals surface area (Å²) in [6, 6.07) is 7.94. The fourth-order valence-corrected chi connectivity index (χ4v) is 2.07. The summed E-state index contributed by atoms with van der Waals surface area (Å²) in [6.45, 7) is 0.0539. The van der Waals surface area contributed by atoms with Gasteiger partial charge in [0, 0.05) is 6.04 Å². The molecular weight excluding hydrogens is 230 g/mol. The van der Waals surface area contributed by atoms with E-state index in [1.807, 2.05) is 24.3 Å². The van der Waals surface area contributed by atoms with Crippen LogP contribution in [0, 0.1) is 0 Å². The Labute approximate surface area is 104 Å². The minimum absolute atomic E-state index is 0.0182. The van der Waals surface area contributed by atoms with Crippen LogP contribution >= 0.6 is 0 Å².